The maximum Gasteiger partial charge on any atom is 0.300 e. The molecule has 27 heavy (non-hydrogen) atoms. The summed E-state index contributed by atoms with van der Waals surface area (Å²) >= 11 is 1.45. The minimum atomic E-state index is -3.78. The Labute approximate surface area is 160 Å². The number of aromatic nitrogens is 1. The third-order valence-electron chi connectivity index (χ3n) is 4.72. The van der Waals surface area contributed by atoms with E-state index >= 15 is 0 Å². The molecule has 1 aliphatic heterocycles. The lowest BCUT2D eigenvalue weighted by Gasteiger charge is -2.33. The Morgan fingerprint density at radius 1 is 1.26 bits per heavy atom. The minimum absolute atomic E-state index is 0.0509. The average molecular weight is 404 g/mol. The first kappa shape index (κ1) is 18.3. The molecule has 2 unspecified atom stereocenters. The van der Waals surface area contributed by atoms with Crippen molar-refractivity contribution in [1.82, 2.24) is 9.65 Å². The summed E-state index contributed by atoms with van der Waals surface area (Å²) in [7, 11) is -3.78. The lowest BCUT2D eigenvalue weighted by atomic mass is 9.98. The third kappa shape index (κ3) is 3.81. The summed E-state index contributed by atoms with van der Waals surface area (Å²) in [5.74, 6) is -0.781. The topological polar surface area (TPSA) is 70.5 Å². The number of carbonyl (C=O) groups excluding carboxylic acids is 1. The van der Waals surface area contributed by atoms with Crippen LogP contribution >= 0.6 is 18.9 Å². The molecule has 1 aliphatic rings. The SMILES string of the molecule is O=C1CC(c2nc3cc(F)ccc3s2)CCN1P(=O)(O)Cc1ccccc1. The van der Waals surface area contributed by atoms with Gasteiger partial charge in [0.1, 0.15) is 5.82 Å². The summed E-state index contributed by atoms with van der Waals surface area (Å²) in [4.78, 5) is 27.5. The van der Waals surface area contributed by atoms with Crippen molar-refractivity contribution in [2.75, 3.05) is 6.54 Å². The van der Waals surface area contributed by atoms with Gasteiger partial charge in [-0.15, -0.1) is 11.3 Å². The molecule has 2 heterocycles. The summed E-state index contributed by atoms with van der Waals surface area (Å²) in [6, 6.07) is 13.5. The molecule has 4 rings (SSSR count). The fourth-order valence-corrected chi connectivity index (χ4v) is 6.16. The van der Waals surface area contributed by atoms with Gasteiger partial charge >= 0.3 is 0 Å². The molecule has 2 aromatic carbocycles. The normalized spacial score (nSPS) is 20.0. The van der Waals surface area contributed by atoms with Gasteiger partial charge in [0.25, 0.3) is 7.52 Å². The van der Waals surface area contributed by atoms with Gasteiger partial charge in [-0.1, -0.05) is 30.3 Å². The Bertz CT molecular complexity index is 1040. The van der Waals surface area contributed by atoms with Crippen molar-refractivity contribution < 1.29 is 18.6 Å². The Morgan fingerprint density at radius 2 is 2.04 bits per heavy atom. The molecule has 0 aliphatic carbocycles. The van der Waals surface area contributed by atoms with Crippen LogP contribution < -0.4 is 0 Å². The number of rotatable bonds is 4. The average Bonchev–Trinajstić information content (AvgIpc) is 3.05. The summed E-state index contributed by atoms with van der Waals surface area (Å²) in [5, 5.41) is 0.777. The van der Waals surface area contributed by atoms with E-state index in [1.54, 1.807) is 30.3 Å². The zero-order valence-electron chi connectivity index (χ0n) is 14.4. The van der Waals surface area contributed by atoms with Crippen LogP contribution in [0, 0.1) is 5.82 Å². The van der Waals surface area contributed by atoms with Crippen LogP contribution in [0.25, 0.3) is 10.2 Å². The third-order valence-corrected chi connectivity index (χ3v) is 7.88. The second-order valence-corrected chi connectivity index (χ2v) is 9.87. The molecule has 1 amide bonds. The van der Waals surface area contributed by atoms with Gasteiger partial charge in [0.05, 0.1) is 21.4 Å². The van der Waals surface area contributed by atoms with Crippen LogP contribution in [0.3, 0.4) is 0 Å². The molecule has 1 saturated heterocycles. The summed E-state index contributed by atoms with van der Waals surface area (Å²) < 4.78 is 28.1. The number of benzene rings is 2. The van der Waals surface area contributed by atoms with Gasteiger partial charge in [-0.3, -0.25) is 14.0 Å². The highest BCUT2D eigenvalue weighted by Crippen LogP contribution is 2.51. The fraction of sp³-hybridized carbons (Fsp3) is 0.263. The van der Waals surface area contributed by atoms with Crippen molar-refractivity contribution in [2.24, 2.45) is 0 Å². The number of thiazole rings is 1. The molecule has 1 aromatic heterocycles. The van der Waals surface area contributed by atoms with Crippen molar-refractivity contribution >= 4 is 35.0 Å². The van der Waals surface area contributed by atoms with Crippen molar-refractivity contribution in [3.63, 3.8) is 0 Å². The van der Waals surface area contributed by atoms with Crippen molar-refractivity contribution in [2.45, 2.75) is 24.9 Å². The molecule has 1 N–H and O–H groups in total. The van der Waals surface area contributed by atoms with Crippen molar-refractivity contribution in [1.29, 1.82) is 0 Å². The fourth-order valence-electron chi connectivity index (χ4n) is 3.36. The first-order valence-electron chi connectivity index (χ1n) is 8.65. The molecule has 3 aromatic rings. The van der Waals surface area contributed by atoms with Gasteiger partial charge in [-0.25, -0.2) is 9.37 Å². The van der Waals surface area contributed by atoms with E-state index < -0.39 is 7.52 Å². The van der Waals surface area contributed by atoms with Gasteiger partial charge in [-0.05, 0) is 24.1 Å². The van der Waals surface area contributed by atoms with E-state index in [2.05, 4.69) is 4.98 Å². The summed E-state index contributed by atoms with van der Waals surface area (Å²) in [6.45, 7) is 0.217. The first-order chi connectivity index (χ1) is 12.9. The van der Waals surface area contributed by atoms with E-state index in [4.69, 9.17) is 0 Å². The molecule has 0 bridgehead atoms. The van der Waals surface area contributed by atoms with Gasteiger partial charge in [0, 0.05) is 24.9 Å². The number of hydrogen-bond acceptors (Lipinski definition) is 4. The summed E-state index contributed by atoms with van der Waals surface area (Å²) in [6.07, 6.45) is 0.652. The Balaban J connectivity index is 1.50. The van der Waals surface area contributed by atoms with E-state index in [9.17, 15) is 18.6 Å². The minimum Gasteiger partial charge on any atom is -0.329 e. The molecular weight excluding hydrogens is 386 g/mol. The largest absolute Gasteiger partial charge is 0.329 e. The zero-order chi connectivity index (χ0) is 19.0. The van der Waals surface area contributed by atoms with Gasteiger partial charge in [-0.2, -0.15) is 0 Å². The zero-order valence-corrected chi connectivity index (χ0v) is 16.1. The van der Waals surface area contributed by atoms with E-state index in [0.717, 1.165) is 19.9 Å². The van der Waals surface area contributed by atoms with Crippen molar-refractivity contribution in [3.05, 3.63) is 64.9 Å². The smallest absolute Gasteiger partial charge is 0.300 e. The van der Waals surface area contributed by atoms with Crippen molar-refractivity contribution in [3.8, 4) is 0 Å². The first-order valence-corrected chi connectivity index (χ1v) is 11.3. The van der Waals surface area contributed by atoms with Gasteiger partial charge in [0.2, 0.25) is 5.91 Å². The quantitative estimate of drug-likeness (QED) is 0.649. The number of carbonyl (C=O) groups is 1. The number of fused-ring (bicyclic) bond motifs is 1. The van der Waals surface area contributed by atoms with E-state index in [1.165, 1.54) is 23.5 Å². The number of nitrogens with zero attached hydrogens (tertiary/aromatic N) is 2. The number of halogens is 1. The highest BCUT2D eigenvalue weighted by atomic mass is 32.1. The van der Waals surface area contributed by atoms with E-state index in [0.29, 0.717) is 11.9 Å². The molecule has 0 saturated carbocycles. The number of amides is 1. The molecule has 1 fully saturated rings. The van der Waals surface area contributed by atoms with Crippen LogP contribution in [0.1, 0.15) is 29.3 Å². The Hall–Kier alpha value is -2.08. The predicted molar refractivity (Wildman–Crippen MR) is 103 cm³/mol. The second-order valence-electron chi connectivity index (χ2n) is 6.68. The summed E-state index contributed by atoms with van der Waals surface area (Å²) in [5.41, 5.74) is 1.31. The van der Waals surface area contributed by atoms with E-state index in [1.807, 2.05) is 6.07 Å². The van der Waals surface area contributed by atoms with Gasteiger partial charge in [0.15, 0.2) is 0 Å². The van der Waals surface area contributed by atoms with Crippen LogP contribution in [0.4, 0.5) is 4.39 Å². The number of hydrogen-bond donors (Lipinski definition) is 1. The monoisotopic (exact) mass is 404 g/mol. The molecular formula is C19H18FN2O3PS. The molecule has 2 atom stereocenters. The highest BCUT2D eigenvalue weighted by Gasteiger charge is 2.38. The van der Waals surface area contributed by atoms with Gasteiger partial charge < -0.3 is 4.89 Å². The lowest BCUT2D eigenvalue weighted by molar-refractivity contribution is -0.129. The van der Waals surface area contributed by atoms with E-state index in [-0.39, 0.29) is 36.8 Å². The highest BCUT2D eigenvalue weighted by molar-refractivity contribution is 7.55. The molecule has 0 radical (unpaired) electrons. The maximum atomic E-state index is 13.4. The maximum absolute atomic E-state index is 13.4. The van der Waals surface area contributed by atoms with Crippen LogP contribution in [0.15, 0.2) is 48.5 Å². The van der Waals surface area contributed by atoms with Crippen LogP contribution in [-0.2, 0) is 15.5 Å². The second kappa shape index (κ2) is 7.15. The Morgan fingerprint density at radius 3 is 2.78 bits per heavy atom. The Kier molecular flexibility index (Phi) is 4.84. The standard InChI is InChI=1S/C19H18FN2O3PS/c20-15-6-7-17-16(11-15)21-19(27-17)14-8-9-22(18(23)10-14)26(24,25)12-13-4-2-1-3-5-13/h1-7,11,14H,8-10,12H2,(H,24,25). The molecule has 0 spiro atoms. The lowest BCUT2D eigenvalue weighted by Crippen LogP contribution is -2.36. The van der Waals surface area contributed by atoms with Crippen LogP contribution in [-0.4, -0.2) is 27.0 Å². The van der Waals surface area contributed by atoms with Crippen LogP contribution in [0.5, 0.6) is 0 Å². The predicted octanol–water partition coefficient (Wildman–Crippen LogP) is 4.53. The van der Waals surface area contributed by atoms with Crippen LogP contribution in [0.2, 0.25) is 0 Å². The molecule has 5 nitrogen and oxygen atoms in total. The molecule has 8 heteroatoms. The number of piperidine rings is 1. The molecule has 140 valence electrons.